The van der Waals surface area contributed by atoms with Crippen LogP contribution in [0.25, 0.3) is 60.5 Å². The van der Waals surface area contributed by atoms with Crippen molar-refractivity contribution in [3.63, 3.8) is 0 Å². The Labute approximate surface area is 355 Å². The van der Waals surface area contributed by atoms with Gasteiger partial charge in [-0.3, -0.25) is 0 Å². The van der Waals surface area contributed by atoms with Crippen molar-refractivity contribution in [2.45, 2.75) is 5.41 Å². The van der Waals surface area contributed by atoms with Gasteiger partial charge in [-0.25, -0.2) is 0 Å². The van der Waals surface area contributed by atoms with E-state index in [0.29, 0.717) is 0 Å². The van der Waals surface area contributed by atoms with Crippen molar-refractivity contribution in [3.05, 3.63) is 265 Å². The predicted octanol–water partition coefficient (Wildman–Crippen LogP) is 15.4. The molecule has 61 heavy (non-hydrogen) atoms. The highest BCUT2D eigenvalue weighted by Gasteiger charge is 2.46. The fourth-order valence-corrected chi connectivity index (χ4v) is 10.1. The van der Waals surface area contributed by atoms with Crippen LogP contribution in [-0.4, -0.2) is 4.57 Å². The molecule has 0 radical (unpaired) electrons. The van der Waals surface area contributed by atoms with Crippen LogP contribution in [0.15, 0.2) is 243 Å². The predicted molar refractivity (Wildman–Crippen MR) is 256 cm³/mol. The van der Waals surface area contributed by atoms with Crippen molar-refractivity contribution in [2.75, 3.05) is 4.90 Å². The molecular weight excluding hydrogens is 737 g/mol. The maximum atomic E-state index is 2.50. The molecule has 1 aliphatic carbocycles. The van der Waals surface area contributed by atoms with Gasteiger partial charge >= 0.3 is 0 Å². The molecule has 11 aromatic rings. The minimum atomic E-state index is -0.541. The van der Waals surface area contributed by atoms with Crippen LogP contribution in [0.4, 0.5) is 17.1 Å². The van der Waals surface area contributed by atoms with Crippen LogP contribution in [0.1, 0.15) is 22.3 Å². The molecule has 2 nitrogen and oxygen atoms in total. The SMILES string of the molecule is c1ccc(-c2ccc(N(c3ccccc3)c3ccc4c(c3)c3cc(C5(c6ccc7ccccc7c6)c6ccccc6-c6ccccc65)ccc3n4-c3ccccc3)cc2)cc1. The molecule has 10 aromatic carbocycles. The summed E-state index contributed by atoms with van der Waals surface area (Å²) in [7, 11) is 0. The molecule has 0 saturated heterocycles. The van der Waals surface area contributed by atoms with Gasteiger partial charge < -0.3 is 9.47 Å². The number of hydrogen-bond donors (Lipinski definition) is 0. The van der Waals surface area contributed by atoms with Gasteiger partial charge in [-0.05, 0) is 128 Å². The molecule has 1 heterocycles. The monoisotopic (exact) mass is 776 g/mol. The maximum Gasteiger partial charge on any atom is 0.0714 e. The summed E-state index contributed by atoms with van der Waals surface area (Å²) in [6, 6.07) is 89.2. The molecule has 1 aliphatic rings. The number of para-hydroxylation sites is 2. The molecule has 0 saturated carbocycles. The molecule has 0 fully saturated rings. The molecular formula is C59H40N2. The van der Waals surface area contributed by atoms with E-state index in [2.05, 4.69) is 252 Å². The van der Waals surface area contributed by atoms with E-state index in [1.165, 1.54) is 77.1 Å². The first-order valence-corrected chi connectivity index (χ1v) is 21.1. The van der Waals surface area contributed by atoms with Gasteiger partial charge in [0.25, 0.3) is 0 Å². The lowest BCUT2D eigenvalue weighted by atomic mass is 9.67. The van der Waals surface area contributed by atoms with Gasteiger partial charge in [0.15, 0.2) is 0 Å². The zero-order valence-corrected chi connectivity index (χ0v) is 33.5. The molecule has 286 valence electrons. The zero-order chi connectivity index (χ0) is 40.3. The first kappa shape index (κ1) is 35.0. The Kier molecular flexibility index (Phi) is 8.11. The van der Waals surface area contributed by atoms with Crippen LogP contribution in [0, 0.1) is 0 Å². The standard InChI is InChI=1S/C59H40N2/c1-4-16-41(17-5-1)43-29-33-49(34-30-43)60(47-20-6-2-7-21-47)50-35-37-58-54(40-50)53-39-46(32-36-57(53)61(58)48-22-8-3-9-23-48)59(45-31-28-42-18-10-11-19-44(42)38-45)55-26-14-12-24-51(55)52-25-13-15-27-56(52)59/h1-40H. The largest absolute Gasteiger partial charge is 0.310 e. The van der Waals surface area contributed by atoms with Gasteiger partial charge in [-0.15, -0.1) is 0 Å². The highest BCUT2D eigenvalue weighted by Crippen LogP contribution is 2.57. The van der Waals surface area contributed by atoms with E-state index in [1.807, 2.05) is 0 Å². The Balaban J connectivity index is 1.13. The number of anilines is 3. The van der Waals surface area contributed by atoms with Gasteiger partial charge in [0, 0.05) is 33.5 Å². The third-order valence-electron chi connectivity index (χ3n) is 12.8. The molecule has 0 N–H and O–H groups in total. The van der Waals surface area contributed by atoms with Crippen molar-refractivity contribution >= 4 is 49.6 Å². The Morgan fingerprint density at radius 2 is 0.820 bits per heavy atom. The van der Waals surface area contributed by atoms with E-state index in [4.69, 9.17) is 0 Å². The Bertz CT molecular complexity index is 3360. The number of benzene rings is 10. The first-order chi connectivity index (χ1) is 30.3. The molecule has 0 amide bonds. The second-order valence-electron chi connectivity index (χ2n) is 16.1. The summed E-state index contributed by atoms with van der Waals surface area (Å²) in [6.45, 7) is 0. The van der Waals surface area contributed by atoms with Crippen molar-refractivity contribution in [1.82, 2.24) is 4.57 Å². The molecule has 0 atom stereocenters. The van der Waals surface area contributed by atoms with Gasteiger partial charge in [-0.1, -0.05) is 170 Å². The molecule has 0 unspecified atom stereocenters. The highest BCUT2D eigenvalue weighted by atomic mass is 15.1. The lowest BCUT2D eigenvalue weighted by molar-refractivity contribution is 0.771. The first-order valence-electron chi connectivity index (χ1n) is 21.1. The molecule has 0 bridgehead atoms. The average molecular weight is 777 g/mol. The highest BCUT2D eigenvalue weighted by molar-refractivity contribution is 6.11. The van der Waals surface area contributed by atoms with Crippen LogP contribution >= 0.6 is 0 Å². The molecule has 0 aliphatic heterocycles. The summed E-state index contributed by atoms with van der Waals surface area (Å²) in [5.41, 5.74) is 16.4. The number of rotatable bonds is 7. The summed E-state index contributed by atoms with van der Waals surface area (Å²) < 4.78 is 2.43. The van der Waals surface area contributed by atoms with Crippen LogP contribution in [0.5, 0.6) is 0 Å². The topological polar surface area (TPSA) is 8.17 Å². The van der Waals surface area contributed by atoms with Crippen molar-refractivity contribution < 1.29 is 0 Å². The summed E-state index contributed by atoms with van der Waals surface area (Å²) in [4.78, 5) is 2.38. The summed E-state index contributed by atoms with van der Waals surface area (Å²) in [6.07, 6.45) is 0. The van der Waals surface area contributed by atoms with E-state index in [-0.39, 0.29) is 0 Å². The number of nitrogens with zero attached hydrogens (tertiary/aromatic N) is 2. The van der Waals surface area contributed by atoms with Gasteiger partial charge in [0.1, 0.15) is 0 Å². The molecule has 1 aromatic heterocycles. The van der Waals surface area contributed by atoms with Crippen LogP contribution in [0.2, 0.25) is 0 Å². The third-order valence-corrected chi connectivity index (χ3v) is 12.8. The summed E-state index contributed by atoms with van der Waals surface area (Å²) in [5, 5.41) is 4.90. The average Bonchev–Trinajstić information content (AvgIpc) is 3.83. The molecule has 12 rings (SSSR count). The van der Waals surface area contributed by atoms with Gasteiger partial charge in [-0.2, -0.15) is 0 Å². The Morgan fingerprint density at radius 3 is 1.52 bits per heavy atom. The lowest BCUT2D eigenvalue weighted by Crippen LogP contribution is -2.28. The quantitative estimate of drug-likeness (QED) is 0.156. The van der Waals surface area contributed by atoms with Crippen molar-refractivity contribution in [3.8, 4) is 27.9 Å². The lowest BCUT2D eigenvalue weighted by Gasteiger charge is -2.34. The van der Waals surface area contributed by atoms with Crippen molar-refractivity contribution in [1.29, 1.82) is 0 Å². The minimum Gasteiger partial charge on any atom is -0.310 e. The second-order valence-corrected chi connectivity index (χ2v) is 16.1. The van der Waals surface area contributed by atoms with E-state index >= 15 is 0 Å². The van der Waals surface area contributed by atoms with Crippen molar-refractivity contribution in [2.24, 2.45) is 0 Å². The van der Waals surface area contributed by atoms with E-state index in [9.17, 15) is 0 Å². The maximum absolute atomic E-state index is 2.50. The Hall–Kier alpha value is -7.94. The number of hydrogen-bond acceptors (Lipinski definition) is 1. The van der Waals surface area contributed by atoms with E-state index < -0.39 is 5.41 Å². The molecule has 0 spiro atoms. The van der Waals surface area contributed by atoms with Gasteiger partial charge in [0.2, 0.25) is 0 Å². The van der Waals surface area contributed by atoms with Gasteiger partial charge in [0.05, 0.1) is 16.4 Å². The Morgan fingerprint density at radius 1 is 0.328 bits per heavy atom. The smallest absolute Gasteiger partial charge is 0.0714 e. The molecule has 2 heteroatoms. The van der Waals surface area contributed by atoms with Crippen LogP contribution in [-0.2, 0) is 5.41 Å². The fraction of sp³-hybridized carbons (Fsp3) is 0.0169. The van der Waals surface area contributed by atoms with E-state index in [1.54, 1.807) is 0 Å². The summed E-state index contributed by atoms with van der Waals surface area (Å²) in [5.74, 6) is 0. The second kappa shape index (κ2) is 14.1. The summed E-state index contributed by atoms with van der Waals surface area (Å²) >= 11 is 0. The normalized spacial score (nSPS) is 12.7. The third kappa shape index (κ3) is 5.50. The minimum absolute atomic E-state index is 0.541. The number of fused-ring (bicyclic) bond motifs is 7. The van der Waals surface area contributed by atoms with E-state index in [0.717, 1.165) is 22.7 Å². The van der Waals surface area contributed by atoms with Crippen LogP contribution < -0.4 is 4.90 Å². The fourth-order valence-electron chi connectivity index (χ4n) is 10.1. The van der Waals surface area contributed by atoms with Crippen LogP contribution in [0.3, 0.4) is 0 Å². The zero-order valence-electron chi connectivity index (χ0n) is 33.5. The number of aromatic nitrogens is 1.